The molecular formula is C13H10FS. The van der Waals surface area contributed by atoms with Gasteiger partial charge in [0.2, 0.25) is 5.50 Å². The molecule has 0 N–H and O–H groups in total. The quantitative estimate of drug-likeness (QED) is 0.691. The predicted molar refractivity (Wildman–Crippen MR) is 62.2 cm³/mol. The third kappa shape index (κ3) is 2.83. The van der Waals surface area contributed by atoms with E-state index in [1.165, 1.54) is 0 Å². The minimum atomic E-state index is -0.165. The van der Waals surface area contributed by atoms with E-state index in [2.05, 4.69) is 0 Å². The van der Waals surface area contributed by atoms with Crippen LogP contribution in [0.1, 0.15) is 5.56 Å². The highest BCUT2D eigenvalue weighted by molar-refractivity contribution is 8.02. The Morgan fingerprint density at radius 1 is 0.800 bits per heavy atom. The van der Waals surface area contributed by atoms with Crippen LogP contribution in [0, 0.1) is 5.50 Å². The first-order valence-electron chi connectivity index (χ1n) is 4.67. The molecule has 2 aromatic rings. The van der Waals surface area contributed by atoms with E-state index in [4.69, 9.17) is 0 Å². The van der Waals surface area contributed by atoms with Crippen molar-refractivity contribution in [2.24, 2.45) is 0 Å². The smallest absolute Gasteiger partial charge is 0.221 e. The number of hydrogen-bond acceptors (Lipinski definition) is 1. The highest BCUT2D eigenvalue weighted by Crippen LogP contribution is 2.34. The Morgan fingerprint density at radius 2 is 1.33 bits per heavy atom. The van der Waals surface area contributed by atoms with Gasteiger partial charge in [-0.2, -0.15) is 0 Å². The molecule has 0 amide bonds. The summed E-state index contributed by atoms with van der Waals surface area (Å²) in [5, 5.41) is 0. The molecule has 0 heterocycles. The molecule has 0 aliphatic heterocycles. The molecule has 0 aliphatic carbocycles. The Bertz CT molecular complexity index is 399. The Hall–Kier alpha value is -1.28. The minimum Gasteiger partial charge on any atom is -0.221 e. The molecule has 0 unspecified atom stereocenters. The highest BCUT2D eigenvalue weighted by Gasteiger charge is 2.12. The topological polar surface area (TPSA) is 0 Å². The van der Waals surface area contributed by atoms with Crippen molar-refractivity contribution in [2.75, 3.05) is 0 Å². The molecule has 2 aromatic carbocycles. The zero-order chi connectivity index (χ0) is 10.5. The largest absolute Gasteiger partial charge is 0.233 e. The van der Waals surface area contributed by atoms with Crippen molar-refractivity contribution in [1.29, 1.82) is 0 Å². The fourth-order valence-electron chi connectivity index (χ4n) is 1.22. The third-order valence-electron chi connectivity index (χ3n) is 1.95. The van der Waals surface area contributed by atoms with Crippen molar-refractivity contribution in [1.82, 2.24) is 0 Å². The van der Waals surface area contributed by atoms with E-state index in [0.29, 0.717) is 5.56 Å². The SMILES string of the molecule is F[C](Sc1ccccc1)c1ccccc1. The summed E-state index contributed by atoms with van der Waals surface area (Å²) < 4.78 is 13.7. The maximum atomic E-state index is 13.7. The van der Waals surface area contributed by atoms with E-state index in [-0.39, 0.29) is 5.50 Å². The van der Waals surface area contributed by atoms with Crippen molar-refractivity contribution in [2.45, 2.75) is 4.90 Å². The van der Waals surface area contributed by atoms with E-state index in [0.717, 1.165) is 16.7 Å². The van der Waals surface area contributed by atoms with Gasteiger partial charge in [-0.25, -0.2) is 4.39 Å². The summed E-state index contributed by atoms with van der Waals surface area (Å²) in [7, 11) is 0. The summed E-state index contributed by atoms with van der Waals surface area (Å²) in [5.41, 5.74) is 0.466. The Labute approximate surface area is 93.1 Å². The van der Waals surface area contributed by atoms with Crippen LogP contribution in [0.5, 0.6) is 0 Å². The molecule has 0 atom stereocenters. The first-order valence-corrected chi connectivity index (χ1v) is 5.49. The summed E-state index contributed by atoms with van der Waals surface area (Å²) in [6.07, 6.45) is 0. The second-order valence-electron chi connectivity index (χ2n) is 3.05. The molecule has 0 saturated carbocycles. The van der Waals surface area contributed by atoms with Crippen molar-refractivity contribution >= 4 is 11.8 Å². The van der Waals surface area contributed by atoms with Gasteiger partial charge in [0.05, 0.1) is 0 Å². The zero-order valence-electron chi connectivity index (χ0n) is 8.06. The van der Waals surface area contributed by atoms with Crippen LogP contribution in [0.2, 0.25) is 0 Å². The number of halogens is 1. The molecule has 2 rings (SSSR count). The second-order valence-corrected chi connectivity index (χ2v) is 4.09. The van der Waals surface area contributed by atoms with Crippen LogP contribution in [-0.2, 0) is 0 Å². The van der Waals surface area contributed by atoms with Crippen LogP contribution in [0.25, 0.3) is 0 Å². The van der Waals surface area contributed by atoms with Gasteiger partial charge in [-0.3, -0.25) is 0 Å². The van der Waals surface area contributed by atoms with Gasteiger partial charge in [0.25, 0.3) is 0 Å². The number of hydrogen-bond donors (Lipinski definition) is 0. The molecule has 2 heteroatoms. The normalized spacial score (nSPS) is 10.5. The second kappa shape index (κ2) is 4.99. The molecule has 0 fully saturated rings. The molecule has 0 saturated heterocycles. The van der Waals surface area contributed by atoms with Crippen LogP contribution in [0.4, 0.5) is 4.39 Å². The molecule has 0 bridgehead atoms. The summed E-state index contributed by atoms with van der Waals surface area (Å²) in [4.78, 5) is 0.916. The molecule has 75 valence electrons. The lowest BCUT2D eigenvalue weighted by Gasteiger charge is -2.05. The molecule has 0 aliphatic rings. The van der Waals surface area contributed by atoms with E-state index < -0.39 is 0 Å². The minimum absolute atomic E-state index is 0.165. The summed E-state index contributed by atoms with van der Waals surface area (Å²) in [6.45, 7) is 0. The lowest BCUT2D eigenvalue weighted by molar-refractivity contribution is 0.618. The maximum absolute atomic E-state index is 13.7. The van der Waals surface area contributed by atoms with Gasteiger partial charge in [0.1, 0.15) is 0 Å². The Balaban J connectivity index is 2.08. The van der Waals surface area contributed by atoms with Crippen molar-refractivity contribution in [3.05, 3.63) is 71.7 Å². The van der Waals surface area contributed by atoms with Crippen molar-refractivity contribution in [3.63, 3.8) is 0 Å². The number of rotatable bonds is 3. The van der Waals surface area contributed by atoms with Crippen LogP contribution in [-0.4, -0.2) is 0 Å². The van der Waals surface area contributed by atoms with Crippen LogP contribution >= 0.6 is 11.8 Å². The molecule has 0 aromatic heterocycles. The zero-order valence-corrected chi connectivity index (χ0v) is 8.88. The number of benzene rings is 2. The molecule has 15 heavy (non-hydrogen) atoms. The van der Waals surface area contributed by atoms with Crippen LogP contribution in [0.15, 0.2) is 65.6 Å². The summed E-state index contributed by atoms with van der Waals surface area (Å²) in [5.74, 6) is 0. The average molecular weight is 217 g/mol. The fraction of sp³-hybridized carbons (Fsp3) is 0. The maximum Gasteiger partial charge on any atom is 0.233 e. The van der Waals surface area contributed by atoms with E-state index >= 15 is 0 Å². The lowest BCUT2D eigenvalue weighted by atomic mass is 10.2. The molecular weight excluding hydrogens is 207 g/mol. The van der Waals surface area contributed by atoms with Gasteiger partial charge in [0.15, 0.2) is 0 Å². The van der Waals surface area contributed by atoms with E-state index in [1.54, 1.807) is 12.1 Å². The van der Waals surface area contributed by atoms with Gasteiger partial charge in [0, 0.05) is 10.5 Å². The standard InChI is InChI=1S/C13H10FS/c14-13(11-7-3-1-4-8-11)15-12-9-5-2-6-10-12/h1-10H. The van der Waals surface area contributed by atoms with E-state index in [1.807, 2.05) is 48.5 Å². The van der Waals surface area contributed by atoms with Gasteiger partial charge >= 0.3 is 0 Å². The summed E-state index contributed by atoms with van der Waals surface area (Å²) >= 11 is 1.15. The Morgan fingerprint density at radius 3 is 1.93 bits per heavy atom. The third-order valence-corrected chi connectivity index (χ3v) is 2.87. The average Bonchev–Trinajstić information content (AvgIpc) is 2.31. The van der Waals surface area contributed by atoms with Gasteiger partial charge in [-0.1, -0.05) is 60.3 Å². The van der Waals surface area contributed by atoms with E-state index in [9.17, 15) is 4.39 Å². The molecule has 0 spiro atoms. The highest BCUT2D eigenvalue weighted by atomic mass is 32.2. The summed E-state index contributed by atoms with van der Waals surface area (Å²) in [6, 6.07) is 18.6. The fourth-order valence-corrected chi connectivity index (χ4v) is 1.97. The van der Waals surface area contributed by atoms with Gasteiger partial charge < -0.3 is 0 Å². The molecule has 1 radical (unpaired) electrons. The first kappa shape index (κ1) is 10.2. The lowest BCUT2D eigenvalue weighted by Crippen LogP contribution is -1.86. The monoisotopic (exact) mass is 217 g/mol. The van der Waals surface area contributed by atoms with Crippen molar-refractivity contribution in [3.8, 4) is 0 Å². The van der Waals surface area contributed by atoms with Crippen LogP contribution in [0.3, 0.4) is 0 Å². The predicted octanol–water partition coefficient (Wildman–Crippen LogP) is 4.29. The Kier molecular flexibility index (Phi) is 3.41. The number of thioether (sulfide) groups is 1. The van der Waals surface area contributed by atoms with Crippen LogP contribution < -0.4 is 0 Å². The van der Waals surface area contributed by atoms with Gasteiger partial charge in [-0.15, -0.1) is 0 Å². The molecule has 0 nitrogen and oxygen atoms in total. The van der Waals surface area contributed by atoms with Crippen molar-refractivity contribution < 1.29 is 4.39 Å². The van der Waals surface area contributed by atoms with Gasteiger partial charge in [-0.05, 0) is 12.1 Å². The first-order chi connectivity index (χ1) is 7.36.